The van der Waals surface area contributed by atoms with Crippen LogP contribution in [0.4, 0.5) is 5.69 Å². The van der Waals surface area contributed by atoms with Gasteiger partial charge >= 0.3 is 0 Å². The summed E-state index contributed by atoms with van der Waals surface area (Å²) in [6.45, 7) is 11.3. The van der Waals surface area contributed by atoms with Crippen molar-refractivity contribution in [2.24, 2.45) is 0 Å². The maximum absolute atomic E-state index is 5.71. The van der Waals surface area contributed by atoms with Crippen LogP contribution in [-0.4, -0.2) is 12.6 Å². The zero-order valence-corrected chi connectivity index (χ0v) is 13.5. The summed E-state index contributed by atoms with van der Waals surface area (Å²) in [4.78, 5) is 2.35. The van der Waals surface area contributed by atoms with Crippen LogP contribution in [0.15, 0.2) is 41.0 Å². The molecule has 1 heterocycles. The van der Waals surface area contributed by atoms with Crippen LogP contribution in [0.1, 0.15) is 37.7 Å². The number of hydrogen-bond donors (Lipinski definition) is 1. The summed E-state index contributed by atoms with van der Waals surface area (Å²) in [5.74, 6) is 1.05. The molecule has 0 bridgehead atoms. The normalized spacial score (nSPS) is 11.1. The molecule has 0 fully saturated rings. The summed E-state index contributed by atoms with van der Waals surface area (Å²) in [5, 5.41) is 3.45. The molecule has 1 N–H and O–H groups in total. The van der Waals surface area contributed by atoms with E-state index in [2.05, 4.69) is 68.2 Å². The molecule has 1 aromatic heterocycles. The molecule has 114 valence electrons. The van der Waals surface area contributed by atoms with E-state index in [4.69, 9.17) is 4.42 Å². The molecular formula is C18H26N2O. The van der Waals surface area contributed by atoms with Gasteiger partial charge in [0.2, 0.25) is 0 Å². The van der Waals surface area contributed by atoms with Crippen molar-refractivity contribution in [2.45, 2.75) is 46.8 Å². The highest BCUT2D eigenvalue weighted by Crippen LogP contribution is 2.23. The highest BCUT2D eigenvalue weighted by atomic mass is 16.3. The van der Waals surface area contributed by atoms with Crippen molar-refractivity contribution >= 4 is 5.69 Å². The van der Waals surface area contributed by atoms with Crippen LogP contribution in [0.2, 0.25) is 0 Å². The smallest absolute Gasteiger partial charge is 0.127 e. The minimum absolute atomic E-state index is 0.478. The summed E-state index contributed by atoms with van der Waals surface area (Å²) in [6.07, 6.45) is 1.79. The fraction of sp³-hybridized carbons (Fsp3) is 0.444. The summed E-state index contributed by atoms with van der Waals surface area (Å²) < 4.78 is 5.71. The lowest BCUT2D eigenvalue weighted by Crippen LogP contribution is -2.25. The fourth-order valence-electron chi connectivity index (χ4n) is 2.44. The van der Waals surface area contributed by atoms with Gasteiger partial charge in [-0.25, -0.2) is 0 Å². The minimum atomic E-state index is 0.478. The van der Waals surface area contributed by atoms with E-state index in [0.717, 1.165) is 25.4 Å². The second-order valence-corrected chi connectivity index (χ2v) is 5.71. The molecule has 21 heavy (non-hydrogen) atoms. The molecule has 0 saturated heterocycles. The van der Waals surface area contributed by atoms with Crippen LogP contribution >= 0.6 is 0 Å². The monoisotopic (exact) mass is 286 g/mol. The zero-order chi connectivity index (χ0) is 15.2. The Labute approximate surface area is 128 Å². The Kier molecular flexibility index (Phi) is 5.45. The summed E-state index contributed by atoms with van der Waals surface area (Å²) in [5.41, 5.74) is 3.82. The van der Waals surface area contributed by atoms with E-state index in [1.54, 1.807) is 6.26 Å². The molecule has 3 nitrogen and oxygen atoms in total. The molecule has 0 spiro atoms. The Morgan fingerprint density at radius 1 is 1.19 bits per heavy atom. The highest BCUT2D eigenvalue weighted by molar-refractivity contribution is 5.53. The topological polar surface area (TPSA) is 28.4 Å². The molecular weight excluding hydrogens is 260 g/mol. The van der Waals surface area contributed by atoms with Gasteiger partial charge in [-0.15, -0.1) is 0 Å². The average Bonchev–Trinajstić information content (AvgIpc) is 2.90. The van der Waals surface area contributed by atoms with E-state index in [1.807, 2.05) is 0 Å². The molecule has 0 aliphatic heterocycles. The number of para-hydroxylation sites is 1. The second kappa shape index (κ2) is 7.32. The molecule has 2 aromatic rings. The van der Waals surface area contributed by atoms with Crippen LogP contribution < -0.4 is 10.2 Å². The summed E-state index contributed by atoms with van der Waals surface area (Å²) in [7, 11) is 0. The molecule has 0 aliphatic carbocycles. The first-order valence-corrected chi connectivity index (χ1v) is 7.71. The van der Waals surface area contributed by atoms with Gasteiger partial charge in [-0.2, -0.15) is 0 Å². The quantitative estimate of drug-likeness (QED) is 0.830. The van der Waals surface area contributed by atoms with Gasteiger partial charge in [0.25, 0.3) is 0 Å². The lowest BCUT2D eigenvalue weighted by Gasteiger charge is -2.24. The number of hydrogen-bond acceptors (Lipinski definition) is 3. The number of benzene rings is 1. The SMILES string of the molecule is CCN(Cc1occc1CNC(C)C)c1ccccc1C. The van der Waals surface area contributed by atoms with E-state index in [0.29, 0.717) is 6.04 Å². The van der Waals surface area contributed by atoms with Gasteiger partial charge in [-0.3, -0.25) is 0 Å². The van der Waals surface area contributed by atoms with Crippen LogP contribution in [0.5, 0.6) is 0 Å². The third kappa shape index (κ3) is 4.11. The fourth-order valence-corrected chi connectivity index (χ4v) is 2.44. The van der Waals surface area contributed by atoms with Crippen molar-refractivity contribution in [1.29, 1.82) is 0 Å². The minimum Gasteiger partial charge on any atom is -0.467 e. The van der Waals surface area contributed by atoms with Gasteiger partial charge < -0.3 is 14.6 Å². The standard InChI is InChI=1S/C18H26N2O/c1-5-20(17-9-7-6-8-15(17)4)13-18-16(10-11-21-18)12-19-14(2)3/h6-11,14,19H,5,12-13H2,1-4H3. The Hall–Kier alpha value is -1.74. The van der Waals surface area contributed by atoms with Crippen molar-refractivity contribution in [3.8, 4) is 0 Å². The maximum Gasteiger partial charge on any atom is 0.127 e. The van der Waals surface area contributed by atoms with E-state index < -0.39 is 0 Å². The summed E-state index contributed by atoms with van der Waals surface area (Å²) >= 11 is 0. The predicted molar refractivity (Wildman–Crippen MR) is 88.6 cm³/mol. The highest BCUT2D eigenvalue weighted by Gasteiger charge is 2.13. The first-order valence-electron chi connectivity index (χ1n) is 7.71. The van der Waals surface area contributed by atoms with E-state index in [-0.39, 0.29) is 0 Å². The Balaban J connectivity index is 2.13. The molecule has 3 heteroatoms. The van der Waals surface area contributed by atoms with Gasteiger partial charge in [0.05, 0.1) is 12.8 Å². The number of nitrogens with zero attached hydrogens (tertiary/aromatic N) is 1. The lowest BCUT2D eigenvalue weighted by molar-refractivity contribution is 0.492. The molecule has 0 saturated carbocycles. The maximum atomic E-state index is 5.71. The molecule has 0 unspecified atom stereocenters. The molecule has 0 amide bonds. The first-order chi connectivity index (χ1) is 10.1. The van der Waals surface area contributed by atoms with E-state index >= 15 is 0 Å². The second-order valence-electron chi connectivity index (χ2n) is 5.71. The van der Waals surface area contributed by atoms with Crippen LogP contribution in [0, 0.1) is 6.92 Å². The van der Waals surface area contributed by atoms with Gasteiger partial charge in [-0.05, 0) is 31.5 Å². The van der Waals surface area contributed by atoms with Crippen LogP contribution in [-0.2, 0) is 13.1 Å². The number of rotatable bonds is 7. The largest absolute Gasteiger partial charge is 0.467 e. The Bertz CT molecular complexity index is 560. The Morgan fingerprint density at radius 3 is 2.62 bits per heavy atom. The van der Waals surface area contributed by atoms with E-state index in [1.165, 1.54) is 16.8 Å². The Morgan fingerprint density at radius 2 is 1.95 bits per heavy atom. The first kappa shape index (κ1) is 15.6. The molecule has 2 rings (SSSR count). The van der Waals surface area contributed by atoms with Crippen molar-refractivity contribution in [3.05, 3.63) is 53.5 Å². The van der Waals surface area contributed by atoms with Gasteiger partial charge in [0.15, 0.2) is 0 Å². The third-order valence-electron chi connectivity index (χ3n) is 3.71. The molecule has 0 radical (unpaired) electrons. The lowest BCUT2D eigenvalue weighted by atomic mass is 10.1. The van der Waals surface area contributed by atoms with Gasteiger partial charge in [-0.1, -0.05) is 32.0 Å². The average molecular weight is 286 g/mol. The third-order valence-corrected chi connectivity index (χ3v) is 3.71. The van der Waals surface area contributed by atoms with Crippen molar-refractivity contribution in [1.82, 2.24) is 5.32 Å². The van der Waals surface area contributed by atoms with Crippen LogP contribution in [0.3, 0.4) is 0 Å². The summed E-state index contributed by atoms with van der Waals surface area (Å²) in [6, 6.07) is 11.0. The van der Waals surface area contributed by atoms with E-state index in [9.17, 15) is 0 Å². The van der Waals surface area contributed by atoms with Crippen LogP contribution in [0.25, 0.3) is 0 Å². The van der Waals surface area contributed by atoms with Crippen molar-refractivity contribution < 1.29 is 4.42 Å². The molecule has 1 aromatic carbocycles. The van der Waals surface area contributed by atoms with Gasteiger partial charge in [0.1, 0.15) is 5.76 Å². The van der Waals surface area contributed by atoms with Crippen molar-refractivity contribution in [3.63, 3.8) is 0 Å². The zero-order valence-electron chi connectivity index (χ0n) is 13.5. The predicted octanol–water partition coefficient (Wildman–Crippen LogP) is 4.11. The molecule has 0 aliphatic rings. The number of anilines is 1. The number of nitrogens with one attached hydrogen (secondary N) is 1. The van der Waals surface area contributed by atoms with Gasteiger partial charge in [0, 0.05) is 30.4 Å². The number of furan rings is 1. The molecule has 0 atom stereocenters. The van der Waals surface area contributed by atoms with Crippen molar-refractivity contribution in [2.75, 3.05) is 11.4 Å². The number of aryl methyl sites for hydroxylation is 1.